The van der Waals surface area contributed by atoms with Gasteiger partial charge in [-0.1, -0.05) is 19.9 Å². The second-order valence-corrected chi connectivity index (χ2v) is 5.95. The SMILES string of the molecule is CC(C)C[C@H](O)C(=O)N[C@H](Cc1cccnc1Br)C(=O)O. The van der Waals surface area contributed by atoms with Gasteiger partial charge in [0.25, 0.3) is 0 Å². The standard InChI is InChI=1S/C14H19BrN2O4/c1-8(2)6-11(18)13(19)17-10(14(20)21)7-9-4-3-5-16-12(9)15/h3-5,8,10-11,18H,6-7H2,1-2H3,(H,17,19)(H,20,21)/t10-,11+/m1/s1. The molecule has 0 saturated carbocycles. The monoisotopic (exact) mass is 358 g/mol. The molecule has 0 spiro atoms. The average Bonchev–Trinajstić information content (AvgIpc) is 2.39. The smallest absolute Gasteiger partial charge is 0.326 e. The van der Waals surface area contributed by atoms with Gasteiger partial charge in [-0.2, -0.15) is 0 Å². The Morgan fingerprint density at radius 3 is 2.62 bits per heavy atom. The van der Waals surface area contributed by atoms with Gasteiger partial charge in [0, 0.05) is 12.6 Å². The number of carbonyl (C=O) groups is 2. The van der Waals surface area contributed by atoms with E-state index in [0.29, 0.717) is 10.2 Å². The number of halogens is 1. The zero-order chi connectivity index (χ0) is 16.0. The molecule has 6 nitrogen and oxygen atoms in total. The lowest BCUT2D eigenvalue weighted by Crippen LogP contribution is -2.47. The van der Waals surface area contributed by atoms with Crippen LogP contribution in [0.1, 0.15) is 25.8 Å². The number of nitrogens with zero attached hydrogens (tertiary/aromatic N) is 1. The van der Waals surface area contributed by atoms with E-state index in [4.69, 9.17) is 0 Å². The summed E-state index contributed by atoms with van der Waals surface area (Å²) < 4.78 is 0.535. The van der Waals surface area contributed by atoms with Crippen LogP contribution < -0.4 is 5.32 Å². The van der Waals surface area contributed by atoms with E-state index in [0.717, 1.165) is 0 Å². The van der Waals surface area contributed by atoms with E-state index < -0.39 is 24.0 Å². The molecule has 1 rings (SSSR count). The lowest BCUT2D eigenvalue weighted by atomic mass is 10.0. The lowest BCUT2D eigenvalue weighted by Gasteiger charge is -2.18. The van der Waals surface area contributed by atoms with Crippen LogP contribution in [-0.2, 0) is 16.0 Å². The van der Waals surface area contributed by atoms with Gasteiger partial charge < -0.3 is 15.5 Å². The fraction of sp³-hybridized carbons (Fsp3) is 0.500. The van der Waals surface area contributed by atoms with Gasteiger partial charge in [0.05, 0.1) is 0 Å². The number of hydrogen-bond donors (Lipinski definition) is 3. The van der Waals surface area contributed by atoms with Gasteiger partial charge in [0.15, 0.2) is 0 Å². The molecule has 1 aromatic rings. The number of amides is 1. The maximum absolute atomic E-state index is 11.8. The lowest BCUT2D eigenvalue weighted by molar-refractivity contribution is -0.143. The fourth-order valence-electron chi connectivity index (χ4n) is 1.81. The molecule has 3 N–H and O–H groups in total. The van der Waals surface area contributed by atoms with E-state index in [1.54, 1.807) is 18.3 Å². The molecular weight excluding hydrogens is 340 g/mol. The van der Waals surface area contributed by atoms with E-state index in [-0.39, 0.29) is 18.8 Å². The van der Waals surface area contributed by atoms with Crippen LogP contribution in [0.4, 0.5) is 0 Å². The summed E-state index contributed by atoms with van der Waals surface area (Å²) in [6, 6.07) is 2.30. The number of aliphatic carboxylic acids is 1. The van der Waals surface area contributed by atoms with Gasteiger partial charge >= 0.3 is 5.97 Å². The third-order valence-electron chi connectivity index (χ3n) is 2.87. The molecule has 1 heterocycles. The Hall–Kier alpha value is -1.47. The normalized spacial score (nSPS) is 13.8. The Labute approximate surface area is 131 Å². The number of pyridine rings is 1. The Morgan fingerprint density at radius 2 is 2.10 bits per heavy atom. The van der Waals surface area contributed by atoms with Crippen LogP contribution in [0.2, 0.25) is 0 Å². The van der Waals surface area contributed by atoms with Crippen molar-refractivity contribution in [2.75, 3.05) is 0 Å². The molecule has 0 fully saturated rings. The molecule has 0 radical (unpaired) electrons. The van der Waals surface area contributed by atoms with Gasteiger partial charge in [0.1, 0.15) is 16.7 Å². The highest BCUT2D eigenvalue weighted by Crippen LogP contribution is 2.15. The quantitative estimate of drug-likeness (QED) is 0.639. The third kappa shape index (κ3) is 5.81. The summed E-state index contributed by atoms with van der Waals surface area (Å²) in [5.74, 6) is -1.69. The molecule has 0 aliphatic rings. The average molecular weight is 359 g/mol. The minimum atomic E-state index is -1.20. The molecule has 0 saturated heterocycles. The van der Waals surface area contributed by atoms with Crippen molar-refractivity contribution >= 4 is 27.8 Å². The Bertz CT molecular complexity index is 508. The second kappa shape index (κ2) is 8.09. The van der Waals surface area contributed by atoms with Crippen molar-refractivity contribution in [3.63, 3.8) is 0 Å². The number of aliphatic hydroxyl groups excluding tert-OH is 1. The predicted molar refractivity (Wildman–Crippen MR) is 80.7 cm³/mol. The van der Waals surface area contributed by atoms with Gasteiger partial charge in [-0.15, -0.1) is 0 Å². The van der Waals surface area contributed by atoms with Crippen molar-refractivity contribution in [3.05, 3.63) is 28.5 Å². The molecular formula is C14H19BrN2O4. The zero-order valence-corrected chi connectivity index (χ0v) is 13.5. The van der Waals surface area contributed by atoms with Crippen molar-refractivity contribution in [2.45, 2.75) is 38.8 Å². The van der Waals surface area contributed by atoms with E-state index >= 15 is 0 Å². The van der Waals surface area contributed by atoms with Gasteiger partial charge in [-0.3, -0.25) is 4.79 Å². The summed E-state index contributed by atoms with van der Waals surface area (Å²) >= 11 is 3.24. The Morgan fingerprint density at radius 1 is 1.43 bits per heavy atom. The van der Waals surface area contributed by atoms with E-state index in [1.165, 1.54) is 0 Å². The number of carboxylic acid groups (broad SMARTS) is 1. The highest BCUT2D eigenvalue weighted by Gasteiger charge is 2.25. The molecule has 0 aliphatic carbocycles. The van der Waals surface area contributed by atoms with Crippen molar-refractivity contribution in [2.24, 2.45) is 5.92 Å². The first-order valence-electron chi connectivity index (χ1n) is 6.62. The minimum absolute atomic E-state index is 0.0872. The van der Waals surface area contributed by atoms with Crippen LogP contribution in [-0.4, -0.2) is 39.2 Å². The number of hydrogen-bond acceptors (Lipinski definition) is 4. The molecule has 7 heteroatoms. The van der Waals surface area contributed by atoms with Gasteiger partial charge in [-0.25, -0.2) is 9.78 Å². The number of carbonyl (C=O) groups excluding carboxylic acids is 1. The van der Waals surface area contributed by atoms with Crippen molar-refractivity contribution in [1.29, 1.82) is 0 Å². The highest BCUT2D eigenvalue weighted by atomic mass is 79.9. The summed E-state index contributed by atoms with van der Waals surface area (Å²) in [7, 11) is 0. The van der Waals surface area contributed by atoms with E-state index in [9.17, 15) is 19.8 Å². The minimum Gasteiger partial charge on any atom is -0.480 e. The summed E-state index contributed by atoms with van der Waals surface area (Å²) in [6.07, 6.45) is 0.747. The van der Waals surface area contributed by atoms with Crippen molar-refractivity contribution in [1.82, 2.24) is 10.3 Å². The zero-order valence-electron chi connectivity index (χ0n) is 11.9. The van der Waals surface area contributed by atoms with Crippen LogP contribution in [0.15, 0.2) is 22.9 Å². The number of aliphatic hydroxyl groups is 1. The highest BCUT2D eigenvalue weighted by molar-refractivity contribution is 9.10. The Kier molecular flexibility index (Phi) is 6.77. The van der Waals surface area contributed by atoms with Crippen LogP contribution in [0, 0.1) is 5.92 Å². The maximum atomic E-state index is 11.8. The van der Waals surface area contributed by atoms with Gasteiger partial charge in [0.2, 0.25) is 5.91 Å². The predicted octanol–water partition coefficient (Wildman–Crippen LogP) is 1.36. The molecule has 0 aromatic carbocycles. The third-order valence-corrected chi connectivity index (χ3v) is 3.59. The first-order valence-corrected chi connectivity index (χ1v) is 7.41. The first kappa shape index (κ1) is 17.6. The molecule has 21 heavy (non-hydrogen) atoms. The fourth-order valence-corrected chi connectivity index (χ4v) is 2.23. The summed E-state index contributed by atoms with van der Waals surface area (Å²) in [4.78, 5) is 27.1. The summed E-state index contributed by atoms with van der Waals surface area (Å²) in [6.45, 7) is 3.75. The number of rotatable bonds is 7. The first-order chi connectivity index (χ1) is 9.81. The summed E-state index contributed by atoms with van der Waals surface area (Å²) in [5, 5.41) is 21.3. The van der Waals surface area contributed by atoms with E-state index in [2.05, 4.69) is 26.2 Å². The van der Waals surface area contributed by atoms with E-state index in [1.807, 2.05) is 13.8 Å². The second-order valence-electron chi connectivity index (χ2n) is 5.20. The molecule has 1 amide bonds. The van der Waals surface area contributed by atoms with Crippen LogP contribution >= 0.6 is 15.9 Å². The number of aromatic nitrogens is 1. The van der Waals surface area contributed by atoms with Crippen LogP contribution in [0.3, 0.4) is 0 Å². The molecule has 0 bridgehead atoms. The molecule has 2 atom stereocenters. The molecule has 1 aromatic heterocycles. The molecule has 0 aliphatic heterocycles. The maximum Gasteiger partial charge on any atom is 0.326 e. The largest absolute Gasteiger partial charge is 0.480 e. The van der Waals surface area contributed by atoms with Crippen molar-refractivity contribution < 1.29 is 19.8 Å². The molecule has 0 unspecified atom stereocenters. The molecule has 116 valence electrons. The summed E-state index contributed by atoms with van der Waals surface area (Å²) in [5.41, 5.74) is 0.670. The Balaban J connectivity index is 2.73. The van der Waals surface area contributed by atoms with Gasteiger partial charge in [-0.05, 0) is 39.9 Å². The topological polar surface area (TPSA) is 99.5 Å². The van der Waals surface area contributed by atoms with Crippen LogP contribution in [0.5, 0.6) is 0 Å². The van der Waals surface area contributed by atoms with Crippen LogP contribution in [0.25, 0.3) is 0 Å². The van der Waals surface area contributed by atoms with Crippen molar-refractivity contribution in [3.8, 4) is 0 Å². The number of carboxylic acids is 1. The number of nitrogens with one attached hydrogen (secondary N) is 1.